The van der Waals surface area contributed by atoms with Crippen LogP contribution < -0.4 is 4.72 Å². The van der Waals surface area contributed by atoms with E-state index in [0.29, 0.717) is 5.56 Å². The Morgan fingerprint density at radius 2 is 1.96 bits per heavy atom. The maximum absolute atomic E-state index is 13.7. The number of sulfonamides is 1. The van der Waals surface area contributed by atoms with Crippen molar-refractivity contribution in [2.45, 2.75) is 24.1 Å². The minimum Gasteiger partial charge on any atom is -0.276 e. The van der Waals surface area contributed by atoms with Crippen molar-refractivity contribution < 1.29 is 17.2 Å². The summed E-state index contributed by atoms with van der Waals surface area (Å²) in [7, 11) is -4.02. The third-order valence-corrected chi connectivity index (χ3v) is 6.27. The smallest absolute Gasteiger partial charge is 0.271 e. The second-order valence-corrected chi connectivity index (χ2v) is 8.46. The highest BCUT2D eigenvalue weighted by Crippen LogP contribution is 2.31. The lowest BCUT2D eigenvalue weighted by atomic mass is 10.2. The molecular weight excluding hydrogens is 368 g/mol. The van der Waals surface area contributed by atoms with E-state index >= 15 is 0 Å². The first kappa shape index (κ1) is 17.6. The predicted molar refractivity (Wildman–Crippen MR) is 93.1 cm³/mol. The standard InChI is InChI=1S/C16H15F2N3O2S2/c1-10(2)21-15(5-6-19-21)11-7-16(24-9-11)25(22,23)20-14-8-12(17)3-4-13(14)18/h3-10,20H,1-2H3. The fourth-order valence-corrected chi connectivity index (χ4v) is 4.55. The predicted octanol–water partition coefficient (Wildman–Crippen LogP) is 4.27. The lowest BCUT2D eigenvalue weighted by Gasteiger charge is -2.09. The molecule has 0 aliphatic rings. The number of nitrogens with zero attached hydrogens (tertiary/aromatic N) is 2. The zero-order valence-electron chi connectivity index (χ0n) is 13.4. The van der Waals surface area contributed by atoms with Crippen molar-refractivity contribution in [3.63, 3.8) is 0 Å². The Bertz CT molecular complexity index is 1010. The molecule has 5 nitrogen and oxygen atoms in total. The molecule has 1 N–H and O–H groups in total. The molecule has 2 aromatic heterocycles. The number of hydrogen-bond acceptors (Lipinski definition) is 4. The first-order chi connectivity index (χ1) is 11.8. The Hall–Kier alpha value is -2.26. The molecule has 0 fully saturated rings. The number of thiophene rings is 1. The largest absolute Gasteiger partial charge is 0.276 e. The van der Waals surface area contributed by atoms with Crippen molar-refractivity contribution in [3.8, 4) is 11.3 Å². The maximum Gasteiger partial charge on any atom is 0.271 e. The van der Waals surface area contributed by atoms with E-state index in [-0.39, 0.29) is 10.3 Å². The van der Waals surface area contributed by atoms with Crippen LogP contribution in [0.15, 0.2) is 46.1 Å². The molecule has 0 amide bonds. The van der Waals surface area contributed by atoms with Gasteiger partial charge in [0.05, 0.1) is 11.4 Å². The van der Waals surface area contributed by atoms with Crippen LogP contribution in [0.3, 0.4) is 0 Å². The van der Waals surface area contributed by atoms with E-state index in [1.807, 2.05) is 13.8 Å². The van der Waals surface area contributed by atoms with Gasteiger partial charge in [-0.3, -0.25) is 9.40 Å². The molecule has 0 aliphatic heterocycles. The van der Waals surface area contributed by atoms with Gasteiger partial charge < -0.3 is 0 Å². The summed E-state index contributed by atoms with van der Waals surface area (Å²) < 4.78 is 55.7. The van der Waals surface area contributed by atoms with Crippen LogP contribution in [0.25, 0.3) is 11.3 Å². The van der Waals surface area contributed by atoms with Gasteiger partial charge in [0.1, 0.15) is 15.8 Å². The summed E-state index contributed by atoms with van der Waals surface area (Å²) in [6.07, 6.45) is 1.64. The van der Waals surface area contributed by atoms with E-state index < -0.39 is 27.3 Å². The molecule has 0 unspecified atom stereocenters. The first-order valence-corrected chi connectivity index (χ1v) is 9.74. The van der Waals surface area contributed by atoms with Crippen LogP contribution in [0.4, 0.5) is 14.5 Å². The monoisotopic (exact) mass is 383 g/mol. The van der Waals surface area contributed by atoms with Crippen LogP contribution in [0.2, 0.25) is 0 Å². The summed E-state index contributed by atoms with van der Waals surface area (Å²) in [5, 5.41) is 5.90. The molecule has 3 rings (SSSR count). The van der Waals surface area contributed by atoms with Crippen molar-refractivity contribution in [1.29, 1.82) is 0 Å². The quantitative estimate of drug-likeness (QED) is 0.716. The van der Waals surface area contributed by atoms with Crippen LogP contribution in [-0.4, -0.2) is 18.2 Å². The van der Waals surface area contributed by atoms with Crippen molar-refractivity contribution >= 4 is 27.0 Å². The summed E-state index contributed by atoms with van der Waals surface area (Å²) in [5.74, 6) is -1.58. The van der Waals surface area contributed by atoms with Gasteiger partial charge in [0.2, 0.25) is 0 Å². The maximum atomic E-state index is 13.7. The van der Waals surface area contributed by atoms with Gasteiger partial charge >= 0.3 is 0 Å². The highest BCUT2D eigenvalue weighted by molar-refractivity contribution is 7.94. The molecule has 2 heterocycles. The molecule has 0 saturated carbocycles. The SMILES string of the molecule is CC(C)n1nccc1-c1csc(S(=O)(=O)Nc2cc(F)ccc2F)c1. The van der Waals surface area contributed by atoms with Crippen LogP contribution in [0, 0.1) is 11.6 Å². The summed E-state index contributed by atoms with van der Waals surface area (Å²) in [5.41, 5.74) is 1.04. The summed E-state index contributed by atoms with van der Waals surface area (Å²) in [6, 6.07) is 5.98. The first-order valence-electron chi connectivity index (χ1n) is 7.38. The Balaban J connectivity index is 1.93. The molecule has 25 heavy (non-hydrogen) atoms. The van der Waals surface area contributed by atoms with Gasteiger partial charge in [0.25, 0.3) is 10.0 Å². The molecular formula is C16H15F2N3O2S2. The molecule has 0 saturated heterocycles. The second-order valence-electron chi connectivity index (χ2n) is 5.64. The van der Waals surface area contributed by atoms with Gasteiger partial charge in [-0.2, -0.15) is 5.10 Å². The molecule has 132 valence electrons. The average Bonchev–Trinajstić information content (AvgIpc) is 3.18. The molecule has 1 aromatic carbocycles. The molecule has 0 aliphatic carbocycles. The van der Waals surface area contributed by atoms with E-state index in [4.69, 9.17) is 0 Å². The Labute approximate surface area is 148 Å². The normalized spacial score (nSPS) is 11.9. The fourth-order valence-electron chi connectivity index (χ4n) is 2.32. The third-order valence-electron chi connectivity index (χ3n) is 3.47. The second kappa shape index (κ2) is 6.57. The van der Waals surface area contributed by atoms with E-state index in [9.17, 15) is 17.2 Å². The van der Waals surface area contributed by atoms with E-state index in [1.54, 1.807) is 22.3 Å². The average molecular weight is 383 g/mol. The van der Waals surface area contributed by atoms with Gasteiger partial charge in [-0.15, -0.1) is 11.3 Å². The van der Waals surface area contributed by atoms with E-state index in [1.165, 1.54) is 6.07 Å². The molecule has 0 radical (unpaired) electrons. The Morgan fingerprint density at radius 1 is 1.20 bits per heavy atom. The minimum atomic E-state index is -4.02. The summed E-state index contributed by atoms with van der Waals surface area (Å²) >= 11 is 0.997. The fraction of sp³-hybridized carbons (Fsp3) is 0.188. The lowest BCUT2D eigenvalue weighted by Crippen LogP contribution is -2.12. The highest BCUT2D eigenvalue weighted by atomic mass is 32.2. The number of benzene rings is 1. The van der Waals surface area contributed by atoms with Gasteiger partial charge in [-0.05, 0) is 38.1 Å². The van der Waals surface area contributed by atoms with Crippen molar-refractivity contribution in [2.75, 3.05) is 4.72 Å². The number of aromatic nitrogens is 2. The van der Waals surface area contributed by atoms with Crippen molar-refractivity contribution in [1.82, 2.24) is 9.78 Å². The molecule has 0 bridgehead atoms. The zero-order valence-corrected chi connectivity index (χ0v) is 15.0. The zero-order chi connectivity index (χ0) is 18.2. The van der Waals surface area contributed by atoms with E-state index in [2.05, 4.69) is 9.82 Å². The Kier molecular flexibility index (Phi) is 4.61. The number of rotatable bonds is 5. The van der Waals surface area contributed by atoms with Crippen molar-refractivity contribution in [3.05, 3.63) is 53.5 Å². The molecule has 0 spiro atoms. The number of hydrogen-bond donors (Lipinski definition) is 1. The summed E-state index contributed by atoms with van der Waals surface area (Å²) in [4.78, 5) is 0. The molecule has 3 aromatic rings. The number of halogens is 2. The number of nitrogens with one attached hydrogen (secondary N) is 1. The van der Waals surface area contributed by atoms with Gasteiger partial charge in [0.15, 0.2) is 0 Å². The van der Waals surface area contributed by atoms with Crippen LogP contribution in [0.1, 0.15) is 19.9 Å². The van der Waals surface area contributed by atoms with Gasteiger partial charge in [-0.1, -0.05) is 0 Å². The van der Waals surface area contributed by atoms with Gasteiger partial charge in [0, 0.05) is 29.2 Å². The van der Waals surface area contributed by atoms with E-state index in [0.717, 1.165) is 35.2 Å². The van der Waals surface area contributed by atoms with Crippen molar-refractivity contribution in [2.24, 2.45) is 0 Å². The Morgan fingerprint density at radius 3 is 2.68 bits per heavy atom. The summed E-state index contributed by atoms with van der Waals surface area (Å²) in [6.45, 7) is 3.93. The molecule has 0 atom stereocenters. The van der Waals surface area contributed by atoms with Gasteiger partial charge in [-0.25, -0.2) is 17.2 Å². The third kappa shape index (κ3) is 3.57. The van der Waals surface area contributed by atoms with Crippen LogP contribution in [-0.2, 0) is 10.0 Å². The van der Waals surface area contributed by atoms with Crippen LogP contribution in [0.5, 0.6) is 0 Å². The minimum absolute atomic E-state index is 0.00247. The lowest BCUT2D eigenvalue weighted by molar-refractivity contribution is 0.538. The molecule has 9 heteroatoms. The number of anilines is 1. The topological polar surface area (TPSA) is 64.0 Å². The van der Waals surface area contributed by atoms with Crippen LogP contribution >= 0.6 is 11.3 Å². The highest BCUT2D eigenvalue weighted by Gasteiger charge is 2.20.